The Balaban J connectivity index is 2.18. The minimum Gasteiger partial charge on any atom is -0.504 e. The number of benzene rings is 1. The molecule has 0 aliphatic carbocycles. The number of methoxy groups -OCH3 is 1. The van der Waals surface area contributed by atoms with E-state index in [-0.39, 0.29) is 17.1 Å². The van der Waals surface area contributed by atoms with Crippen molar-refractivity contribution in [2.75, 3.05) is 12.4 Å². The molecule has 0 radical (unpaired) electrons. The molecule has 0 saturated heterocycles. The third-order valence-electron chi connectivity index (χ3n) is 2.27. The fraction of sp³-hybridized carbons (Fsp3) is 0.0909. The molecule has 96 valence electrons. The molecule has 8 nitrogen and oxygen atoms in total. The second-order valence-electron chi connectivity index (χ2n) is 3.44. The molecule has 1 heterocycles. The number of rotatable bonds is 4. The van der Waals surface area contributed by atoms with Gasteiger partial charge >= 0.3 is 0 Å². The molecule has 0 aliphatic rings. The maximum absolute atomic E-state index is 9.61. The minimum absolute atomic E-state index is 0.000955. The lowest BCUT2D eigenvalue weighted by Crippen LogP contribution is -1.93. The molecule has 1 aromatic heterocycles. The molecule has 0 aliphatic heterocycles. The summed E-state index contributed by atoms with van der Waals surface area (Å²) in [6.07, 6.45) is 1.42. The van der Waals surface area contributed by atoms with Gasteiger partial charge in [-0.05, 0) is 17.3 Å². The summed E-state index contributed by atoms with van der Waals surface area (Å²) in [5, 5.41) is 34.4. The van der Waals surface area contributed by atoms with E-state index in [2.05, 4.69) is 25.9 Å². The number of nitrogens with one attached hydrogen (secondary N) is 2. The number of hydrogen-bond donors (Lipinski definition) is 3. The molecule has 0 bridgehead atoms. The molecule has 1 aromatic carbocycles. The van der Waals surface area contributed by atoms with Crippen molar-refractivity contribution in [3.05, 3.63) is 30.2 Å². The van der Waals surface area contributed by atoms with Crippen molar-refractivity contribution in [3.63, 3.8) is 0 Å². The first-order valence-electron chi connectivity index (χ1n) is 5.22. The van der Waals surface area contributed by atoms with Crippen LogP contribution in [0.5, 0.6) is 11.5 Å². The largest absolute Gasteiger partial charge is 0.504 e. The summed E-state index contributed by atoms with van der Waals surface area (Å²) >= 11 is 0. The van der Waals surface area contributed by atoms with E-state index >= 15 is 0 Å². The Kier molecular flexibility index (Phi) is 3.59. The summed E-state index contributed by atoms with van der Waals surface area (Å²) in [7, 11) is 1.46. The van der Waals surface area contributed by atoms with Crippen molar-refractivity contribution in [1.82, 2.24) is 20.6 Å². The number of phenolic OH excluding ortho intramolecular Hbond substituents is 1. The highest BCUT2D eigenvalue weighted by Crippen LogP contribution is 2.28. The number of H-pyrrole nitrogens is 1. The lowest BCUT2D eigenvalue weighted by molar-refractivity contribution is 0.373. The Morgan fingerprint density at radius 1 is 1.58 bits per heavy atom. The molecular formula is C11H10N6O2. The lowest BCUT2D eigenvalue weighted by atomic mass is 10.2. The number of ether oxygens (including phenoxy) is 1. The predicted molar refractivity (Wildman–Crippen MR) is 66.0 cm³/mol. The molecule has 19 heavy (non-hydrogen) atoms. The molecule has 3 N–H and O–H groups in total. The highest BCUT2D eigenvalue weighted by molar-refractivity contribution is 5.74. The van der Waals surface area contributed by atoms with Crippen LogP contribution in [0.2, 0.25) is 0 Å². The Morgan fingerprint density at radius 3 is 3.00 bits per heavy atom. The van der Waals surface area contributed by atoms with Gasteiger partial charge in [0.2, 0.25) is 5.82 Å². The molecular weight excluding hydrogens is 248 g/mol. The monoisotopic (exact) mass is 258 g/mol. The topological polar surface area (TPSA) is 120 Å². The third-order valence-corrected chi connectivity index (χ3v) is 2.27. The molecule has 8 heteroatoms. The lowest BCUT2D eigenvalue weighted by Gasteiger charge is -2.06. The summed E-state index contributed by atoms with van der Waals surface area (Å²) in [5.74, 6) is 0.555. The molecule has 0 unspecified atom stereocenters. The smallest absolute Gasteiger partial charge is 0.216 e. The van der Waals surface area contributed by atoms with Gasteiger partial charge in [-0.25, -0.2) is 0 Å². The van der Waals surface area contributed by atoms with Crippen molar-refractivity contribution in [3.8, 4) is 17.6 Å². The second kappa shape index (κ2) is 5.50. The summed E-state index contributed by atoms with van der Waals surface area (Å²) in [6, 6.07) is 6.71. The highest BCUT2D eigenvalue weighted by Gasteiger charge is 2.06. The fourth-order valence-corrected chi connectivity index (χ4v) is 1.36. The van der Waals surface area contributed by atoms with Crippen LogP contribution >= 0.6 is 0 Å². The van der Waals surface area contributed by atoms with Crippen LogP contribution < -0.4 is 10.1 Å². The Labute approximate surface area is 108 Å². The van der Waals surface area contributed by atoms with Crippen LogP contribution in [0.1, 0.15) is 5.82 Å². The Morgan fingerprint density at radius 2 is 2.42 bits per heavy atom. The van der Waals surface area contributed by atoms with Gasteiger partial charge in [-0.3, -0.25) is 0 Å². The number of anilines is 1. The maximum Gasteiger partial charge on any atom is 0.216 e. The zero-order chi connectivity index (χ0) is 13.7. The number of aromatic amines is 1. The number of aromatic hydroxyl groups is 1. The molecule has 2 aromatic rings. The van der Waals surface area contributed by atoms with Gasteiger partial charge in [-0.2, -0.15) is 10.5 Å². The number of allylic oxidation sites excluding steroid dienone is 1. The molecule has 0 amide bonds. The first-order valence-corrected chi connectivity index (χ1v) is 5.22. The molecule has 0 atom stereocenters. The van der Waals surface area contributed by atoms with Crippen molar-refractivity contribution in [2.24, 2.45) is 0 Å². The number of phenols is 1. The molecule has 0 spiro atoms. The number of tetrazole rings is 1. The van der Waals surface area contributed by atoms with E-state index in [1.807, 2.05) is 6.07 Å². The number of aromatic nitrogens is 4. The standard InChI is InChI=1S/C11H10N6O2/c1-19-10-3-2-8(4-9(10)18)13-6-7(5-12)11-14-16-17-15-11/h2-4,6,13,18H,1H3,(H,14,15,16,17). The normalized spacial score (nSPS) is 10.8. The highest BCUT2D eigenvalue weighted by atomic mass is 16.5. The van der Waals surface area contributed by atoms with Crippen LogP contribution in [-0.4, -0.2) is 32.8 Å². The summed E-state index contributed by atoms with van der Waals surface area (Å²) in [6.45, 7) is 0. The van der Waals surface area contributed by atoms with E-state index in [0.717, 1.165) is 0 Å². The van der Waals surface area contributed by atoms with Gasteiger partial charge in [0.1, 0.15) is 11.6 Å². The maximum atomic E-state index is 9.61. The van der Waals surface area contributed by atoms with Crippen LogP contribution in [0.15, 0.2) is 24.4 Å². The van der Waals surface area contributed by atoms with Crippen LogP contribution in [0, 0.1) is 11.3 Å². The van der Waals surface area contributed by atoms with E-state index < -0.39 is 0 Å². The predicted octanol–water partition coefficient (Wildman–Crippen LogP) is 0.890. The SMILES string of the molecule is COc1ccc(NC=C(C#N)c2nn[nH]n2)cc1O. The van der Waals surface area contributed by atoms with Gasteiger partial charge < -0.3 is 15.2 Å². The minimum atomic E-state index is -0.000955. The van der Waals surface area contributed by atoms with Gasteiger partial charge in [0.25, 0.3) is 0 Å². The summed E-state index contributed by atoms with van der Waals surface area (Å²) < 4.78 is 4.93. The van der Waals surface area contributed by atoms with Crippen LogP contribution in [0.3, 0.4) is 0 Å². The van der Waals surface area contributed by atoms with Gasteiger partial charge in [-0.1, -0.05) is 0 Å². The first-order chi connectivity index (χ1) is 9.24. The third kappa shape index (κ3) is 2.78. The number of nitriles is 1. The van der Waals surface area contributed by atoms with Gasteiger partial charge in [0.05, 0.1) is 7.11 Å². The average molecular weight is 258 g/mol. The van der Waals surface area contributed by atoms with E-state index in [4.69, 9.17) is 10.00 Å². The summed E-state index contributed by atoms with van der Waals surface area (Å²) in [5.41, 5.74) is 0.804. The van der Waals surface area contributed by atoms with Crippen molar-refractivity contribution in [1.29, 1.82) is 5.26 Å². The fourth-order valence-electron chi connectivity index (χ4n) is 1.36. The zero-order valence-corrected chi connectivity index (χ0v) is 9.95. The van der Waals surface area contributed by atoms with Gasteiger partial charge in [0, 0.05) is 18.0 Å². The molecule has 0 saturated carbocycles. The van der Waals surface area contributed by atoms with E-state index in [0.29, 0.717) is 11.4 Å². The number of hydrogen-bond acceptors (Lipinski definition) is 7. The van der Waals surface area contributed by atoms with Crippen LogP contribution in [0.25, 0.3) is 5.57 Å². The van der Waals surface area contributed by atoms with E-state index in [1.54, 1.807) is 12.1 Å². The van der Waals surface area contributed by atoms with Gasteiger partial charge in [0.15, 0.2) is 11.5 Å². The Hall–Kier alpha value is -3.08. The second-order valence-corrected chi connectivity index (χ2v) is 3.44. The van der Waals surface area contributed by atoms with Crippen molar-refractivity contribution >= 4 is 11.3 Å². The van der Waals surface area contributed by atoms with E-state index in [9.17, 15) is 5.11 Å². The Bertz CT molecular complexity index is 629. The molecule has 2 rings (SSSR count). The van der Waals surface area contributed by atoms with Crippen LogP contribution in [0.4, 0.5) is 5.69 Å². The first kappa shape index (κ1) is 12.4. The van der Waals surface area contributed by atoms with E-state index in [1.165, 1.54) is 19.4 Å². The average Bonchev–Trinajstić information content (AvgIpc) is 2.94. The van der Waals surface area contributed by atoms with Crippen molar-refractivity contribution in [2.45, 2.75) is 0 Å². The zero-order valence-electron chi connectivity index (χ0n) is 9.95. The molecule has 0 fully saturated rings. The van der Waals surface area contributed by atoms with Crippen LogP contribution in [-0.2, 0) is 0 Å². The van der Waals surface area contributed by atoms with Crippen molar-refractivity contribution < 1.29 is 9.84 Å². The number of nitrogens with zero attached hydrogens (tertiary/aromatic N) is 4. The quantitative estimate of drug-likeness (QED) is 0.696. The van der Waals surface area contributed by atoms with Gasteiger partial charge in [-0.15, -0.1) is 10.2 Å². The summed E-state index contributed by atoms with van der Waals surface area (Å²) in [4.78, 5) is 0.